The van der Waals surface area contributed by atoms with Crippen molar-refractivity contribution in [2.24, 2.45) is 9.98 Å². The van der Waals surface area contributed by atoms with Gasteiger partial charge in [-0.2, -0.15) is 0 Å². The summed E-state index contributed by atoms with van der Waals surface area (Å²) in [5.41, 5.74) is 1.91. The highest BCUT2D eigenvalue weighted by atomic mass is 35.5. The number of likely N-dealkylation sites (N-methyl/N-ethyl adjacent to an activating group) is 1. The predicted molar refractivity (Wildman–Crippen MR) is 230 cm³/mol. The highest BCUT2D eigenvalue weighted by Crippen LogP contribution is 2.33. The second-order valence-corrected chi connectivity index (χ2v) is 18.2. The summed E-state index contributed by atoms with van der Waals surface area (Å²) in [6, 6.07) is 15.9. The number of anilines is 2. The first-order valence-corrected chi connectivity index (χ1v) is 23.2. The molecule has 1 aliphatic rings. The number of amidine groups is 1. The molecule has 57 heavy (non-hydrogen) atoms. The summed E-state index contributed by atoms with van der Waals surface area (Å²) >= 11 is 6.52. The van der Waals surface area contributed by atoms with Crippen molar-refractivity contribution in [2.75, 3.05) is 49.8 Å². The fourth-order valence-corrected chi connectivity index (χ4v) is 8.21. The molecular weight excluding hydrogens is 788 g/mol. The molecule has 0 aliphatic carbocycles. The third-order valence-electron chi connectivity index (χ3n) is 9.54. The van der Waals surface area contributed by atoms with Gasteiger partial charge in [0.15, 0.2) is 11.5 Å². The molecule has 310 valence electrons. The minimum Gasteiger partial charge on any atom is -0.462 e. The Labute approximate surface area is 343 Å². The molecule has 0 aromatic heterocycles. The maximum Gasteiger partial charge on any atom is 0.338 e. The molecular formula is C41H55ClN6O7S2. The lowest BCUT2D eigenvalue weighted by Crippen LogP contribution is -2.44. The minimum atomic E-state index is -4.11. The summed E-state index contributed by atoms with van der Waals surface area (Å²) in [5.74, 6) is -1.60. The molecule has 0 unspecified atom stereocenters. The predicted octanol–water partition coefficient (Wildman–Crippen LogP) is 8.18. The first-order valence-electron chi connectivity index (χ1n) is 19.5. The van der Waals surface area contributed by atoms with Gasteiger partial charge in [-0.1, -0.05) is 88.4 Å². The number of carbonyl (C=O) groups excluding carboxylic acids is 2. The Morgan fingerprint density at radius 2 is 1.60 bits per heavy atom. The highest BCUT2D eigenvalue weighted by Gasteiger charge is 2.36. The zero-order valence-electron chi connectivity index (χ0n) is 33.5. The topological polar surface area (TPSA) is 167 Å². The fraction of sp³-hybridized carbons (Fsp3) is 0.463. The number of rotatable bonds is 22. The minimum absolute atomic E-state index is 0.0198. The number of hydrogen-bond donors (Lipinski definition) is 2. The molecule has 16 heteroatoms. The molecule has 1 amide bonds. The second kappa shape index (κ2) is 21.4. The Morgan fingerprint density at radius 1 is 0.930 bits per heavy atom. The standard InChI is InChI=1S/C41H55ClN6O7S2/c1-6-8-9-10-11-12-13-14-15-18-27-55-41(50)31-21-23-33(42)36(29-31)46-40(49)38(39-45-35-19-16-17-20-37(35)57(53,54)47(39)4)44-34-24-22-32(28-30(34)3)48(7-2)26-25-43-56(5,51)52/h16-17,19-24,28-29,43H,6-15,18,25-27H2,1-5H3,(H,46,49). The average molecular weight is 844 g/mol. The van der Waals surface area contributed by atoms with Crippen molar-refractivity contribution in [1.29, 1.82) is 0 Å². The van der Waals surface area contributed by atoms with E-state index in [0.29, 0.717) is 24.3 Å². The molecule has 0 saturated carbocycles. The normalized spacial score (nSPS) is 13.8. The summed E-state index contributed by atoms with van der Waals surface area (Å²) in [4.78, 5) is 38.5. The molecule has 0 fully saturated rings. The van der Waals surface area contributed by atoms with Crippen LogP contribution in [-0.4, -0.2) is 84.1 Å². The van der Waals surface area contributed by atoms with Gasteiger partial charge in [-0.3, -0.25) is 9.10 Å². The number of para-hydroxylation sites is 1. The number of amides is 1. The van der Waals surface area contributed by atoms with Crippen LogP contribution in [0.4, 0.5) is 22.7 Å². The largest absolute Gasteiger partial charge is 0.462 e. The summed E-state index contributed by atoms with van der Waals surface area (Å²) in [5, 5.41) is 2.86. The number of sulfonamides is 2. The number of benzene rings is 3. The number of ether oxygens (including phenoxy) is 1. The number of esters is 1. The van der Waals surface area contributed by atoms with Crippen molar-refractivity contribution in [3.05, 3.63) is 76.8 Å². The zero-order chi connectivity index (χ0) is 41.6. The van der Waals surface area contributed by atoms with E-state index in [1.54, 1.807) is 31.2 Å². The van der Waals surface area contributed by atoms with Gasteiger partial charge in [0.05, 0.1) is 40.5 Å². The van der Waals surface area contributed by atoms with Gasteiger partial charge < -0.3 is 15.0 Å². The first kappa shape index (κ1) is 45.4. The molecule has 0 spiro atoms. The second-order valence-electron chi connectivity index (χ2n) is 14.0. The molecule has 3 aromatic carbocycles. The van der Waals surface area contributed by atoms with Crippen LogP contribution >= 0.6 is 11.6 Å². The van der Waals surface area contributed by atoms with Crippen LogP contribution in [0.1, 0.15) is 94.0 Å². The number of unbranched alkanes of at least 4 members (excludes halogenated alkanes) is 9. The van der Waals surface area contributed by atoms with E-state index in [1.165, 1.54) is 82.3 Å². The van der Waals surface area contributed by atoms with Gasteiger partial charge in [-0.25, -0.2) is 36.3 Å². The van der Waals surface area contributed by atoms with Crippen LogP contribution in [0.25, 0.3) is 0 Å². The van der Waals surface area contributed by atoms with Crippen LogP contribution in [0.5, 0.6) is 0 Å². The smallest absolute Gasteiger partial charge is 0.338 e. The van der Waals surface area contributed by atoms with Crippen molar-refractivity contribution >= 4 is 77.8 Å². The Bertz CT molecular complexity index is 2160. The van der Waals surface area contributed by atoms with Crippen LogP contribution in [0.15, 0.2) is 75.5 Å². The van der Waals surface area contributed by atoms with Gasteiger partial charge in [0, 0.05) is 32.4 Å². The molecule has 0 saturated heterocycles. The van der Waals surface area contributed by atoms with Crippen molar-refractivity contribution < 1.29 is 31.2 Å². The van der Waals surface area contributed by atoms with Gasteiger partial charge >= 0.3 is 5.97 Å². The van der Waals surface area contributed by atoms with Crippen molar-refractivity contribution in [3.8, 4) is 0 Å². The van der Waals surface area contributed by atoms with E-state index in [0.717, 1.165) is 35.5 Å². The van der Waals surface area contributed by atoms with E-state index in [4.69, 9.17) is 21.3 Å². The number of nitrogens with zero attached hydrogens (tertiary/aromatic N) is 4. The molecule has 4 rings (SSSR count). The molecule has 13 nitrogen and oxygen atoms in total. The monoisotopic (exact) mass is 842 g/mol. The molecule has 0 radical (unpaired) electrons. The van der Waals surface area contributed by atoms with E-state index in [-0.39, 0.29) is 51.6 Å². The molecule has 1 aliphatic heterocycles. The Hall–Kier alpha value is -4.31. The van der Waals surface area contributed by atoms with Gasteiger partial charge in [-0.05, 0) is 74.4 Å². The maximum atomic E-state index is 14.3. The summed E-state index contributed by atoms with van der Waals surface area (Å²) < 4.78 is 59.4. The molecule has 2 N–H and O–H groups in total. The van der Waals surface area contributed by atoms with E-state index < -0.39 is 31.9 Å². The van der Waals surface area contributed by atoms with E-state index in [9.17, 15) is 26.4 Å². The van der Waals surface area contributed by atoms with Crippen LogP contribution in [0.2, 0.25) is 5.02 Å². The lowest BCUT2D eigenvalue weighted by Gasteiger charge is -2.27. The summed E-state index contributed by atoms with van der Waals surface area (Å²) in [6.45, 7) is 7.42. The number of aryl methyl sites for hydroxylation is 1. The highest BCUT2D eigenvalue weighted by molar-refractivity contribution is 7.90. The fourth-order valence-electron chi connectivity index (χ4n) is 6.30. The molecule has 0 bridgehead atoms. The van der Waals surface area contributed by atoms with E-state index in [2.05, 4.69) is 22.0 Å². The zero-order valence-corrected chi connectivity index (χ0v) is 35.9. The summed E-state index contributed by atoms with van der Waals surface area (Å²) in [7, 11) is -6.17. The van der Waals surface area contributed by atoms with E-state index >= 15 is 0 Å². The molecule has 0 atom stereocenters. The van der Waals surface area contributed by atoms with Crippen molar-refractivity contribution in [2.45, 2.75) is 89.9 Å². The Kier molecular flexibility index (Phi) is 17.1. The first-order chi connectivity index (χ1) is 27.2. The van der Waals surface area contributed by atoms with E-state index in [1.807, 2.05) is 17.9 Å². The van der Waals surface area contributed by atoms with Gasteiger partial charge in [0.25, 0.3) is 15.9 Å². The van der Waals surface area contributed by atoms with Crippen LogP contribution in [0, 0.1) is 6.92 Å². The lowest BCUT2D eigenvalue weighted by atomic mass is 10.1. The SMILES string of the molecule is CCCCCCCCCCCCOC(=O)c1ccc(Cl)c(NC(=O)C(=Nc2ccc(N(CC)CCNS(C)(=O)=O)cc2C)C2=Nc3ccccc3S(=O)(=O)N2C)c1. The number of carbonyl (C=O) groups is 2. The van der Waals surface area contributed by atoms with Crippen LogP contribution < -0.4 is 14.9 Å². The maximum absolute atomic E-state index is 14.3. The number of halogens is 1. The van der Waals surface area contributed by atoms with Gasteiger partial charge in [0.2, 0.25) is 10.0 Å². The Balaban J connectivity index is 1.56. The lowest BCUT2D eigenvalue weighted by molar-refractivity contribution is -0.110. The number of hydrogen-bond acceptors (Lipinski definition) is 10. The number of nitrogens with one attached hydrogen (secondary N) is 2. The van der Waals surface area contributed by atoms with Gasteiger partial charge in [-0.15, -0.1) is 0 Å². The third-order valence-corrected chi connectivity index (χ3v) is 12.4. The third kappa shape index (κ3) is 13.1. The van der Waals surface area contributed by atoms with Crippen molar-refractivity contribution in [3.63, 3.8) is 0 Å². The molecule has 1 heterocycles. The quantitative estimate of drug-likeness (QED) is 0.0581. The summed E-state index contributed by atoms with van der Waals surface area (Å²) in [6.07, 6.45) is 12.7. The molecule has 3 aromatic rings. The van der Waals surface area contributed by atoms with Gasteiger partial charge in [0.1, 0.15) is 4.90 Å². The number of aliphatic imine (C=N–C) groups is 2. The average Bonchev–Trinajstić information content (AvgIpc) is 3.17. The Morgan fingerprint density at radius 3 is 2.25 bits per heavy atom. The van der Waals surface area contributed by atoms with Crippen LogP contribution in [-0.2, 0) is 29.6 Å². The van der Waals surface area contributed by atoms with Crippen LogP contribution in [0.3, 0.4) is 0 Å². The number of fused-ring (bicyclic) bond motifs is 1. The van der Waals surface area contributed by atoms with Crippen molar-refractivity contribution in [1.82, 2.24) is 9.03 Å².